The van der Waals surface area contributed by atoms with Crippen molar-refractivity contribution in [1.82, 2.24) is 9.97 Å². The van der Waals surface area contributed by atoms with Gasteiger partial charge in [0.05, 0.1) is 18.9 Å². The second kappa shape index (κ2) is 5.03. The van der Waals surface area contributed by atoms with E-state index in [0.717, 1.165) is 30.5 Å². The lowest BCUT2D eigenvalue weighted by molar-refractivity contribution is -0.100. The van der Waals surface area contributed by atoms with Crippen molar-refractivity contribution in [2.24, 2.45) is 0 Å². The Labute approximate surface area is 112 Å². The van der Waals surface area contributed by atoms with E-state index in [1.54, 1.807) is 7.11 Å². The zero-order valence-electron chi connectivity index (χ0n) is 11.1. The fourth-order valence-corrected chi connectivity index (χ4v) is 2.68. The minimum absolute atomic E-state index is 0.459. The van der Waals surface area contributed by atoms with Crippen molar-refractivity contribution < 1.29 is 14.2 Å². The summed E-state index contributed by atoms with van der Waals surface area (Å²) in [4.78, 5) is 9.15. The number of aromatic nitrogens is 2. The number of hydrogen-bond donors (Lipinski definition) is 1. The molecule has 1 aromatic heterocycles. The summed E-state index contributed by atoms with van der Waals surface area (Å²) >= 11 is 0. The topological polar surface area (TPSA) is 79.5 Å². The largest absolute Gasteiger partial charge is 0.383 e. The molecule has 1 saturated heterocycles. The van der Waals surface area contributed by atoms with Crippen LogP contribution in [0.5, 0.6) is 0 Å². The van der Waals surface area contributed by atoms with Crippen molar-refractivity contribution in [3.8, 4) is 0 Å². The first-order chi connectivity index (χ1) is 9.25. The Hall–Kier alpha value is -1.24. The molecule has 2 aliphatic rings. The molecule has 0 spiro atoms. The van der Waals surface area contributed by atoms with E-state index in [4.69, 9.17) is 19.9 Å². The molecule has 0 bridgehead atoms. The predicted octanol–water partition coefficient (Wildman–Crippen LogP) is 0.784. The van der Waals surface area contributed by atoms with E-state index in [0.29, 0.717) is 38.1 Å². The van der Waals surface area contributed by atoms with Crippen LogP contribution in [0.1, 0.15) is 29.9 Å². The van der Waals surface area contributed by atoms with Crippen molar-refractivity contribution in [2.45, 2.75) is 31.5 Å². The van der Waals surface area contributed by atoms with Gasteiger partial charge in [-0.05, 0) is 0 Å². The molecule has 0 unspecified atom stereocenters. The summed E-state index contributed by atoms with van der Waals surface area (Å²) in [5.41, 5.74) is 7.51. The molecule has 6 nitrogen and oxygen atoms in total. The van der Waals surface area contributed by atoms with E-state index in [1.165, 1.54) is 0 Å². The Kier molecular flexibility index (Phi) is 3.38. The van der Waals surface area contributed by atoms with Crippen molar-refractivity contribution in [2.75, 3.05) is 32.7 Å². The van der Waals surface area contributed by atoms with Gasteiger partial charge >= 0.3 is 0 Å². The van der Waals surface area contributed by atoms with E-state index in [-0.39, 0.29) is 0 Å². The molecular formula is C13H19N3O3. The number of nitrogens with zero attached hydrogens (tertiary/aromatic N) is 2. The van der Waals surface area contributed by atoms with Crippen LogP contribution in [0.4, 0.5) is 5.82 Å². The van der Waals surface area contributed by atoms with Gasteiger partial charge in [-0.15, -0.1) is 0 Å². The first-order valence-electron chi connectivity index (χ1n) is 6.61. The summed E-state index contributed by atoms with van der Waals surface area (Å²) in [5.74, 6) is 1.21. The van der Waals surface area contributed by atoms with E-state index >= 15 is 0 Å². The summed E-state index contributed by atoms with van der Waals surface area (Å²) in [6.45, 7) is 2.52. The minimum atomic E-state index is -0.459. The molecular weight excluding hydrogens is 246 g/mol. The number of anilines is 1. The number of rotatable bonds is 2. The average molecular weight is 265 g/mol. The maximum absolute atomic E-state index is 6.04. The highest BCUT2D eigenvalue weighted by Crippen LogP contribution is 2.35. The monoisotopic (exact) mass is 265 g/mol. The number of nitrogens with two attached hydrogens (primary N) is 1. The second-order valence-electron chi connectivity index (χ2n) is 4.97. The third-order valence-corrected chi connectivity index (χ3v) is 3.95. The first kappa shape index (κ1) is 12.8. The molecule has 2 N–H and O–H groups in total. The quantitative estimate of drug-likeness (QED) is 0.851. The Morgan fingerprint density at radius 2 is 1.95 bits per heavy atom. The third-order valence-electron chi connectivity index (χ3n) is 3.95. The van der Waals surface area contributed by atoms with Gasteiger partial charge < -0.3 is 19.9 Å². The Morgan fingerprint density at radius 1 is 1.16 bits per heavy atom. The van der Waals surface area contributed by atoms with Gasteiger partial charge in [-0.25, -0.2) is 9.97 Å². The molecule has 3 heterocycles. The highest BCUT2D eigenvalue weighted by atomic mass is 16.5. The second-order valence-corrected chi connectivity index (χ2v) is 4.97. The summed E-state index contributed by atoms with van der Waals surface area (Å²) in [6, 6.07) is 0. The third kappa shape index (κ3) is 2.20. The average Bonchev–Trinajstić information content (AvgIpc) is 2.48. The molecule has 19 heavy (non-hydrogen) atoms. The Bertz CT molecular complexity index is 472. The number of nitrogen functional groups attached to an aromatic ring is 1. The van der Waals surface area contributed by atoms with Crippen molar-refractivity contribution >= 4 is 5.82 Å². The highest BCUT2D eigenvalue weighted by Gasteiger charge is 2.38. The molecule has 1 fully saturated rings. The van der Waals surface area contributed by atoms with Gasteiger partial charge in [0.25, 0.3) is 0 Å². The van der Waals surface area contributed by atoms with E-state index in [2.05, 4.69) is 9.97 Å². The number of methoxy groups -OCH3 is 1. The van der Waals surface area contributed by atoms with Gasteiger partial charge in [-0.3, -0.25) is 0 Å². The number of fused-ring (bicyclic) bond motifs is 1. The van der Waals surface area contributed by atoms with Crippen LogP contribution in [0.15, 0.2) is 0 Å². The van der Waals surface area contributed by atoms with Gasteiger partial charge in [-0.2, -0.15) is 0 Å². The van der Waals surface area contributed by atoms with Gasteiger partial charge in [0, 0.05) is 45.1 Å². The van der Waals surface area contributed by atoms with Crippen LogP contribution in [0.3, 0.4) is 0 Å². The molecule has 2 aliphatic heterocycles. The standard InChI is InChI=1S/C13H19N3O3/c1-17-13(3-6-18-7-4-13)12-15-10-2-5-19-8-9(10)11(14)16-12/h2-8H2,1H3,(H2,14,15,16). The maximum atomic E-state index is 6.04. The zero-order chi connectivity index (χ0) is 13.3. The fourth-order valence-electron chi connectivity index (χ4n) is 2.68. The van der Waals surface area contributed by atoms with Crippen LogP contribution in [0.25, 0.3) is 0 Å². The van der Waals surface area contributed by atoms with Crippen LogP contribution >= 0.6 is 0 Å². The molecule has 104 valence electrons. The minimum Gasteiger partial charge on any atom is -0.383 e. The lowest BCUT2D eigenvalue weighted by atomic mass is 9.92. The zero-order valence-corrected chi connectivity index (χ0v) is 11.1. The predicted molar refractivity (Wildman–Crippen MR) is 68.5 cm³/mol. The normalized spacial score (nSPS) is 21.9. The van der Waals surface area contributed by atoms with Crippen LogP contribution < -0.4 is 5.73 Å². The van der Waals surface area contributed by atoms with Gasteiger partial charge in [0.1, 0.15) is 11.4 Å². The Balaban J connectivity index is 2.02. The lowest BCUT2D eigenvalue weighted by Crippen LogP contribution is -2.38. The highest BCUT2D eigenvalue weighted by molar-refractivity contribution is 5.43. The smallest absolute Gasteiger partial charge is 0.163 e. The fraction of sp³-hybridized carbons (Fsp3) is 0.692. The number of ether oxygens (including phenoxy) is 3. The van der Waals surface area contributed by atoms with Crippen molar-refractivity contribution in [3.05, 3.63) is 17.1 Å². The van der Waals surface area contributed by atoms with Gasteiger partial charge in [-0.1, -0.05) is 0 Å². The molecule has 0 atom stereocenters. The molecule has 0 radical (unpaired) electrons. The molecule has 0 aromatic carbocycles. The summed E-state index contributed by atoms with van der Waals surface area (Å²) in [5, 5.41) is 0. The van der Waals surface area contributed by atoms with Crippen LogP contribution in [-0.4, -0.2) is 36.9 Å². The van der Waals surface area contributed by atoms with E-state index in [9.17, 15) is 0 Å². The molecule has 3 rings (SSSR count). The maximum Gasteiger partial charge on any atom is 0.163 e. The number of hydrogen-bond acceptors (Lipinski definition) is 6. The van der Waals surface area contributed by atoms with E-state index < -0.39 is 5.60 Å². The molecule has 0 amide bonds. The molecule has 0 saturated carbocycles. The van der Waals surface area contributed by atoms with Crippen LogP contribution in [0.2, 0.25) is 0 Å². The Morgan fingerprint density at radius 3 is 2.68 bits per heavy atom. The lowest BCUT2D eigenvalue weighted by Gasteiger charge is -2.35. The van der Waals surface area contributed by atoms with Gasteiger partial charge in [0.2, 0.25) is 0 Å². The van der Waals surface area contributed by atoms with Gasteiger partial charge in [0.15, 0.2) is 5.82 Å². The van der Waals surface area contributed by atoms with E-state index in [1.807, 2.05) is 0 Å². The van der Waals surface area contributed by atoms with Crippen LogP contribution in [-0.2, 0) is 32.8 Å². The molecule has 1 aromatic rings. The van der Waals surface area contributed by atoms with Crippen LogP contribution in [0, 0.1) is 0 Å². The van der Waals surface area contributed by atoms with Crippen molar-refractivity contribution in [1.29, 1.82) is 0 Å². The summed E-state index contributed by atoms with van der Waals surface area (Å²) in [6.07, 6.45) is 2.31. The summed E-state index contributed by atoms with van der Waals surface area (Å²) in [7, 11) is 1.70. The first-order valence-corrected chi connectivity index (χ1v) is 6.61. The molecule has 6 heteroatoms. The van der Waals surface area contributed by atoms with Crippen molar-refractivity contribution in [3.63, 3.8) is 0 Å². The molecule has 0 aliphatic carbocycles. The SMILES string of the molecule is COC1(c2nc(N)c3c(n2)CCOC3)CCOCC1. The summed E-state index contributed by atoms with van der Waals surface area (Å²) < 4.78 is 16.5.